The van der Waals surface area contributed by atoms with Crippen LogP contribution in [0, 0.1) is 11.3 Å². The van der Waals surface area contributed by atoms with E-state index in [0.717, 1.165) is 6.07 Å². The Morgan fingerprint density at radius 3 is 2.26 bits per heavy atom. The minimum Gasteiger partial charge on any atom is -0.245 e. The lowest BCUT2D eigenvalue weighted by atomic mass is 10.1. The zero-order valence-electron chi connectivity index (χ0n) is 9.37. The Hall–Kier alpha value is -2.06. The molecule has 0 saturated carbocycles. The SMILES string of the molecule is N#Cc1ccc(-c2ccc(C(F)(F)F)c(Cl)c2)cn1. The number of pyridine rings is 1. The third-order valence-corrected chi connectivity index (χ3v) is 2.80. The second-order valence-electron chi connectivity index (χ2n) is 3.74. The van der Waals surface area contributed by atoms with Crippen molar-refractivity contribution in [2.75, 3.05) is 0 Å². The van der Waals surface area contributed by atoms with Crippen LogP contribution in [0.25, 0.3) is 11.1 Å². The first kappa shape index (κ1) is 13.4. The molecule has 0 unspecified atom stereocenters. The highest BCUT2D eigenvalue weighted by Crippen LogP contribution is 2.36. The molecule has 19 heavy (non-hydrogen) atoms. The Morgan fingerprint density at radius 2 is 1.79 bits per heavy atom. The molecule has 0 aliphatic rings. The second kappa shape index (κ2) is 4.90. The maximum atomic E-state index is 12.5. The smallest absolute Gasteiger partial charge is 0.245 e. The summed E-state index contributed by atoms with van der Waals surface area (Å²) in [5.74, 6) is 0. The minimum atomic E-state index is -4.47. The van der Waals surface area contributed by atoms with Crippen LogP contribution in [0.15, 0.2) is 36.5 Å². The van der Waals surface area contributed by atoms with Crippen LogP contribution in [0.5, 0.6) is 0 Å². The summed E-state index contributed by atoms with van der Waals surface area (Å²) in [6, 6.07) is 8.42. The van der Waals surface area contributed by atoms with Gasteiger partial charge in [0.15, 0.2) is 0 Å². The second-order valence-corrected chi connectivity index (χ2v) is 4.14. The highest BCUT2D eigenvalue weighted by Gasteiger charge is 2.33. The Morgan fingerprint density at radius 1 is 1.11 bits per heavy atom. The van der Waals surface area contributed by atoms with Crippen LogP contribution >= 0.6 is 11.6 Å². The summed E-state index contributed by atoms with van der Waals surface area (Å²) in [5, 5.41) is 8.24. The van der Waals surface area contributed by atoms with Gasteiger partial charge in [-0.3, -0.25) is 0 Å². The zero-order valence-corrected chi connectivity index (χ0v) is 10.1. The Balaban J connectivity index is 2.42. The molecule has 1 aromatic heterocycles. The number of benzene rings is 1. The lowest BCUT2D eigenvalue weighted by Gasteiger charge is -2.10. The molecule has 0 spiro atoms. The van der Waals surface area contributed by atoms with Crippen molar-refractivity contribution >= 4 is 11.6 Å². The van der Waals surface area contributed by atoms with E-state index in [1.54, 1.807) is 6.07 Å². The Bertz CT molecular complexity index is 642. The van der Waals surface area contributed by atoms with Crippen molar-refractivity contribution < 1.29 is 13.2 Å². The first-order chi connectivity index (χ1) is 8.91. The van der Waals surface area contributed by atoms with Crippen molar-refractivity contribution in [1.29, 1.82) is 5.26 Å². The van der Waals surface area contributed by atoms with Gasteiger partial charge in [-0.15, -0.1) is 0 Å². The lowest BCUT2D eigenvalue weighted by molar-refractivity contribution is -0.137. The third kappa shape index (κ3) is 2.85. The van der Waals surface area contributed by atoms with Crippen molar-refractivity contribution in [2.24, 2.45) is 0 Å². The van der Waals surface area contributed by atoms with Crippen molar-refractivity contribution in [3.8, 4) is 17.2 Å². The van der Waals surface area contributed by atoms with Gasteiger partial charge in [-0.05, 0) is 29.8 Å². The molecule has 2 rings (SSSR count). The van der Waals surface area contributed by atoms with Crippen LogP contribution in [0.4, 0.5) is 13.2 Å². The lowest BCUT2D eigenvalue weighted by Crippen LogP contribution is -2.05. The molecule has 0 aliphatic heterocycles. The number of nitriles is 1. The molecule has 0 amide bonds. The molecule has 0 saturated heterocycles. The molecular weight excluding hydrogens is 277 g/mol. The van der Waals surface area contributed by atoms with Crippen LogP contribution in [0.2, 0.25) is 5.02 Å². The van der Waals surface area contributed by atoms with Crippen LogP contribution in [-0.2, 0) is 6.18 Å². The van der Waals surface area contributed by atoms with Gasteiger partial charge in [0.05, 0.1) is 10.6 Å². The summed E-state index contributed by atoms with van der Waals surface area (Å²) in [6.07, 6.45) is -3.06. The summed E-state index contributed by atoms with van der Waals surface area (Å²) < 4.78 is 37.6. The average Bonchev–Trinajstić information content (AvgIpc) is 2.37. The molecular formula is C13H6ClF3N2. The predicted octanol–water partition coefficient (Wildman–Crippen LogP) is 4.29. The molecule has 2 nitrogen and oxygen atoms in total. The predicted molar refractivity (Wildman–Crippen MR) is 64.4 cm³/mol. The maximum Gasteiger partial charge on any atom is 0.417 e. The van der Waals surface area contributed by atoms with Gasteiger partial charge in [0, 0.05) is 11.8 Å². The standard InChI is InChI=1S/C13H6ClF3N2/c14-12-5-8(2-4-11(12)13(15,16)17)9-1-3-10(6-18)19-7-9/h1-5,7H. The van der Waals surface area contributed by atoms with Crippen molar-refractivity contribution in [3.63, 3.8) is 0 Å². The van der Waals surface area contributed by atoms with E-state index >= 15 is 0 Å². The molecule has 2 aromatic rings. The number of hydrogen-bond acceptors (Lipinski definition) is 2. The summed E-state index contributed by atoms with van der Waals surface area (Å²) in [7, 11) is 0. The Labute approximate surface area is 112 Å². The van der Waals surface area contributed by atoms with Gasteiger partial charge in [-0.2, -0.15) is 18.4 Å². The van der Waals surface area contributed by atoms with Crippen LogP contribution in [0.1, 0.15) is 11.3 Å². The third-order valence-electron chi connectivity index (χ3n) is 2.49. The summed E-state index contributed by atoms with van der Waals surface area (Å²) in [5.41, 5.74) is 0.464. The number of nitrogens with zero attached hydrogens (tertiary/aromatic N) is 2. The van der Waals surface area contributed by atoms with Gasteiger partial charge in [0.25, 0.3) is 0 Å². The number of hydrogen-bond donors (Lipinski definition) is 0. The van der Waals surface area contributed by atoms with E-state index in [1.807, 2.05) is 6.07 Å². The van der Waals surface area contributed by atoms with Gasteiger partial charge in [-0.1, -0.05) is 17.7 Å². The molecule has 0 atom stereocenters. The molecule has 6 heteroatoms. The van der Waals surface area contributed by atoms with Crippen LogP contribution in [0.3, 0.4) is 0 Å². The molecule has 0 aliphatic carbocycles. The fraction of sp³-hybridized carbons (Fsp3) is 0.0769. The van der Waals surface area contributed by atoms with E-state index in [9.17, 15) is 13.2 Å². The molecule has 1 aromatic carbocycles. The molecule has 0 radical (unpaired) electrons. The van der Waals surface area contributed by atoms with Gasteiger partial charge < -0.3 is 0 Å². The number of halogens is 4. The van der Waals surface area contributed by atoms with E-state index in [0.29, 0.717) is 11.1 Å². The van der Waals surface area contributed by atoms with E-state index in [2.05, 4.69) is 4.98 Å². The van der Waals surface area contributed by atoms with Crippen LogP contribution < -0.4 is 0 Å². The van der Waals surface area contributed by atoms with Gasteiger partial charge in [0.2, 0.25) is 0 Å². The van der Waals surface area contributed by atoms with E-state index < -0.39 is 11.7 Å². The molecule has 96 valence electrons. The molecule has 0 N–H and O–H groups in total. The topological polar surface area (TPSA) is 36.7 Å². The zero-order chi connectivity index (χ0) is 14.0. The summed E-state index contributed by atoms with van der Waals surface area (Å²) >= 11 is 5.63. The van der Waals surface area contributed by atoms with Crippen LogP contribution in [-0.4, -0.2) is 4.98 Å². The Kier molecular flexibility index (Phi) is 3.45. The van der Waals surface area contributed by atoms with Gasteiger partial charge in [-0.25, -0.2) is 4.98 Å². The summed E-state index contributed by atoms with van der Waals surface area (Å²) in [4.78, 5) is 3.85. The number of alkyl halides is 3. The molecule has 1 heterocycles. The fourth-order valence-corrected chi connectivity index (χ4v) is 1.84. The van der Waals surface area contributed by atoms with E-state index in [1.165, 1.54) is 24.4 Å². The fourth-order valence-electron chi connectivity index (χ4n) is 1.56. The minimum absolute atomic E-state index is 0.238. The van der Waals surface area contributed by atoms with Crippen molar-refractivity contribution in [2.45, 2.75) is 6.18 Å². The first-order valence-electron chi connectivity index (χ1n) is 5.15. The van der Waals surface area contributed by atoms with E-state index in [-0.39, 0.29) is 10.7 Å². The highest BCUT2D eigenvalue weighted by atomic mass is 35.5. The van der Waals surface area contributed by atoms with Crippen molar-refractivity contribution in [1.82, 2.24) is 4.98 Å². The number of rotatable bonds is 1. The normalized spacial score (nSPS) is 11.1. The van der Waals surface area contributed by atoms with Gasteiger partial charge in [0.1, 0.15) is 11.8 Å². The molecule has 0 fully saturated rings. The summed E-state index contributed by atoms with van der Waals surface area (Å²) in [6.45, 7) is 0. The van der Waals surface area contributed by atoms with E-state index in [4.69, 9.17) is 16.9 Å². The maximum absolute atomic E-state index is 12.5. The van der Waals surface area contributed by atoms with Gasteiger partial charge >= 0.3 is 6.18 Å². The highest BCUT2D eigenvalue weighted by molar-refractivity contribution is 6.31. The van der Waals surface area contributed by atoms with Crippen molar-refractivity contribution in [3.05, 3.63) is 52.8 Å². The largest absolute Gasteiger partial charge is 0.417 e. The quantitative estimate of drug-likeness (QED) is 0.782. The monoisotopic (exact) mass is 282 g/mol. The average molecular weight is 283 g/mol. The number of aromatic nitrogens is 1. The first-order valence-corrected chi connectivity index (χ1v) is 5.53. The molecule has 0 bridgehead atoms.